The number of benzene rings is 1. The average molecular weight is 277 g/mol. The number of hydrogen-bond acceptors (Lipinski definition) is 2. The van der Waals surface area contributed by atoms with E-state index in [0.29, 0.717) is 6.04 Å². The largest absolute Gasteiger partial charge is 0.381 e. The van der Waals surface area contributed by atoms with Crippen LogP contribution in [0.3, 0.4) is 0 Å². The summed E-state index contributed by atoms with van der Waals surface area (Å²) in [5.41, 5.74) is 2.62. The van der Waals surface area contributed by atoms with E-state index in [2.05, 4.69) is 22.3 Å². The molecular weight excluding hydrogens is 256 g/mol. The van der Waals surface area contributed by atoms with Crippen LogP contribution in [0.1, 0.15) is 38.5 Å². The number of nitrogens with one attached hydrogen (secondary N) is 1. The molecule has 1 saturated carbocycles. The van der Waals surface area contributed by atoms with Crippen LogP contribution >= 0.6 is 11.6 Å². The van der Waals surface area contributed by atoms with Crippen molar-refractivity contribution in [2.45, 2.75) is 50.6 Å². The number of halogens is 1. The summed E-state index contributed by atoms with van der Waals surface area (Å²) in [6, 6.07) is 7.80. The highest BCUT2D eigenvalue weighted by molar-refractivity contribution is 6.31. The SMILES string of the molecule is Clc1ccc2c(c1)NCC1CCC3CCCCC3N21. The molecule has 0 aromatic heterocycles. The van der Waals surface area contributed by atoms with E-state index in [1.165, 1.54) is 49.9 Å². The molecule has 2 nitrogen and oxygen atoms in total. The van der Waals surface area contributed by atoms with Crippen LogP contribution in [0.25, 0.3) is 0 Å². The van der Waals surface area contributed by atoms with E-state index in [-0.39, 0.29) is 0 Å². The Hall–Kier alpha value is -0.890. The summed E-state index contributed by atoms with van der Waals surface area (Å²) in [5.74, 6) is 0.923. The molecule has 1 aromatic rings. The smallest absolute Gasteiger partial charge is 0.0608 e. The molecule has 102 valence electrons. The standard InChI is InChI=1S/C16H21ClN2/c17-12-6-8-16-14(9-12)18-10-13-7-5-11-3-1-2-4-15(11)19(13)16/h6,8-9,11,13,15,18H,1-5,7,10H2. The second-order valence-electron chi connectivity index (χ2n) is 6.29. The van der Waals surface area contributed by atoms with Gasteiger partial charge in [0, 0.05) is 23.7 Å². The van der Waals surface area contributed by atoms with Crippen molar-refractivity contribution in [1.29, 1.82) is 0 Å². The zero-order valence-electron chi connectivity index (χ0n) is 11.2. The maximum absolute atomic E-state index is 6.13. The predicted octanol–water partition coefficient (Wildman–Crippen LogP) is 4.29. The lowest BCUT2D eigenvalue weighted by Gasteiger charge is -2.52. The first-order chi connectivity index (χ1) is 9.33. The number of nitrogens with zero attached hydrogens (tertiary/aromatic N) is 1. The van der Waals surface area contributed by atoms with Crippen molar-refractivity contribution in [3.63, 3.8) is 0 Å². The second-order valence-corrected chi connectivity index (χ2v) is 6.73. The molecule has 2 fully saturated rings. The molecule has 1 N–H and O–H groups in total. The van der Waals surface area contributed by atoms with Gasteiger partial charge in [-0.05, 0) is 49.8 Å². The van der Waals surface area contributed by atoms with E-state index in [4.69, 9.17) is 11.6 Å². The molecule has 3 aliphatic rings. The van der Waals surface area contributed by atoms with E-state index >= 15 is 0 Å². The molecule has 3 heteroatoms. The van der Waals surface area contributed by atoms with Crippen molar-refractivity contribution in [3.05, 3.63) is 23.2 Å². The Morgan fingerprint density at radius 3 is 2.95 bits per heavy atom. The summed E-state index contributed by atoms with van der Waals surface area (Å²) in [6.45, 7) is 1.08. The maximum atomic E-state index is 6.13. The minimum Gasteiger partial charge on any atom is -0.381 e. The first kappa shape index (κ1) is 11.9. The Bertz CT molecular complexity index is 488. The fourth-order valence-corrected chi connectivity index (χ4v) is 4.56. The van der Waals surface area contributed by atoms with Crippen molar-refractivity contribution >= 4 is 23.0 Å². The first-order valence-electron chi connectivity index (χ1n) is 7.65. The van der Waals surface area contributed by atoms with Crippen molar-refractivity contribution in [1.82, 2.24) is 0 Å². The Kier molecular flexibility index (Phi) is 2.87. The van der Waals surface area contributed by atoms with E-state index < -0.39 is 0 Å². The molecule has 0 bridgehead atoms. The van der Waals surface area contributed by atoms with Gasteiger partial charge in [0.15, 0.2) is 0 Å². The first-order valence-corrected chi connectivity index (χ1v) is 8.02. The lowest BCUT2D eigenvalue weighted by Crippen LogP contribution is -2.56. The highest BCUT2D eigenvalue weighted by Gasteiger charge is 2.40. The van der Waals surface area contributed by atoms with Gasteiger partial charge in [-0.3, -0.25) is 0 Å². The zero-order chi connectivity index (χ0) is 12.8. The quantitative estimate of drug-likeness (QED) is 0.760. The van der Waals surface area contributed by atoms with Crippen LogP contribution in [-0.4, -0.2) is 18.6 Å². The second kappa shape index (κ2) is 4.59. The summed E-state index contributed by atoms with van der Waals surface area (Å²) in [5, 5.41) is 4.41. The van der Waals surface area contributed by atoms with Gasteiger partial charge < -0.3 is 10.2 Å². The molecule has 0 radical (unpaired) electrons. The van der Waals surface area contributed by atoms with Gasteiger partial charge in [0.25, 0.3) is 0 Å². The number of hydrogen-bond donors (Lipinski definition) is 1. The van der Waals surface area contributed by atoms with Crippen molar-refractivity contribution < 1.29 is 0 Å². The molecular formula is C16H21ClN2. The van der Waals surface area contributed by atoms with Gasteiger partial charge in [0.1, 0.15) is 0 Å². The van der Waals surface area contributed by atoms with Gasteiger partial charge in [-0.15, -0.1) is 0 Å². The third-order valence-corrected chi connectivity index (χ3v) is 5.49. The Labute approximate surface area is 120 Å². The van der Waals surface area contributed by atoms with Gasteiger partial charge in [-0.25, -0.2) is 0 Å². The van der Waals surface area contributed by atoms with Crippen LogP contribution in [0.15, 0.2) is 18.2 Å². The van der Waals surface area contributed by atoms with Crippen LogP contribution in [0.2, 0.25) is 5.02 Å². The predicted molar refractivity (Wildman–Crippen MR) is 81.2 cm³/mol. The Morgan fingerprint density at radius 1 is 1.11 bits per heavy atom. The van der Waals surface area contributed by atoms with Crippen LogP contribution in [0.4, 0.5) is 11.4 Å². The van der Waals surface area contributed by atoms with Crippen molar-refractivity contribution in [2.75, 3.05) is 16.8 Å². The summed E-state index contributed by atoms with van der Waals surface area (Å²) in [4.78, 5) is 2.73. The molecule has 0 amide bonds. The molecule has 2 aliphatic heterocycles. The van der Waals surface area contributed by atoms with E-state index in [1.54, 1.807) is 0 Å². The van der Waals surface area contributed by atoms with Crippen LogP contribution in [-0.2, 0) is 0 Å². The Balaban J connectivity index is 1.74. The number of fused-ring (bicyclic) bond motifs is 5. The number of rotatable bonds is 0. The third kappa shape index (κ3) is 1.92. The minimum absolute atomic E-state index is 0.688. The zero-order valence-corrected chi connectivity index (χ0v) is 12.0. The van der Waals surface area contributed by atoms with Crippen LogP contribution in [0.5, 0.6) is 0 Å². The van der Waals surface area contributed by atoms with E-state index in [9.17, 15) is 0 Å². The lowest BCUT2D eigenvalue weighted by molar-refractivity contribution is 0.215. The monoisotopic (exact) mass is 276 g/mol. The molecule has 1 aromatic carbocycles. The fourth-order valence-electron chi connectivity index (χ4n) is 4.39. The summed E-state index contributed by atoms with van der Waals surface area (Å²) in [7, 11) is 0. The fraction of sp³-hybridized carbons (Fsp3) is 0.625. The molecule has 3 unspecified atom stereocenters. The molecule has 2 heterocycles. The van der Waals surface area contributed by atoms with Crippen molar-refractivity contribution in [2.24, 2.45) is 5.92 Å². The Morgan fingerprint density at radius 2 is 2.00 bits per heavy atom. The maximum Gasteiger partial charge on any atom is 0.0608 e. The van der Waals surface area contributed by atoms with Crippen LogP contribution < -0.4 is 10.2 Å². The minimum atomic E-state index is 0.688. The molecule has 0 spiro atoms. The van der Waals surface area contributed by atoms with Gasteiger partial charge in [0.2, 0.25) is 0 Å². The molecule has 4 rings (SSSR count). The van der Waals surface area contributed by atoms with Gasteiger partial charge in [-0.1, -0.05) is 24.4 Å². The summed E-state index contributed by atoms with van der Waals surface area (Å²) < 4.78 is 0. The normalized spacial score (nSPS) is 32.9. The highest BCUT2D eigenvalue weighted by atomic mass is 35.5. The van der Waals surface area contributed by atoms with Gasteiger partial charge >= 0.3 is 0 Å². The van der Waals surface area contributed by atoms with E-state index in [0.717, 1.165) is 23.5 Å². The van der Waals surface area contributed by atoms with Gasteiger partial charge in [0.05, 0.1) is 11.4 Å². The van der Waals surface area contributed by atoms with Gasteiger partial charge in [-0.2, -0.15) is 0 Å². The molecule has 19 heavy (non-hydrogen) atoms. The number of piperidine rings is 1. The lowest BCUT2D eigenvalue weighted by atomic mass is 9.75. The summed E-state index contributed by atoms with van der Waals surface area (Å²) >= 11 is 6.13. The third-order valence-electron chi connectivity index (χ3n) is 5.26. The van der Waals surface area contributed by atoms with Crippen LogP contribution in [0, 0.1) is 5.92 Å². The summed E-state index contributed by atoms with van der Waals surface area (Å²) in [6.07, 6.45) is 8.42. The van der Waals surface area contributed by atoms with Crippen molar-refractivity contribution in [3.8, 4) is 0 Å². The average Bonchev–Trinajstić information content (AvgIpc) is 2.46. The molecule has 1 aliphatic carbocycles. The highest BCUT2D eigenvalue weighted by Crippen LogP contribution is 2.45. The molecule has 3 atom stereocenters. The topological polar surface area (TPSA) is 15.3 Å². The molecule has 1 saturated heterocycles. The number of anilines is 2. The van der Waals surface area contributed by atoms with E-state index in [1.807, 2.05) is 6.07 Å².